The van der Waals surface area contributed by atoms with Crippen molar-refractivity contribution >= 4 is 17.6 Å². The van der Waals surface area contributed by atoms with Gasteiger partial charge in [0.05, 0.1) is 18.5 Å². The van der Waals surface area contributed by atoms with E-state index in [9.17, 15) is 14.7 Å². The summed E-state index contributed by atoms with van der Waals surface area (Å²) in [6.07, 6.45) is 2.06. The van der Waals surface area contributed by atoms with E-state index >= 15 is 0 Å². The highest BCUT2D eigenvalue weighted by Crippen LogP contribution is 2.11. The molecule has 0 unspecified atom stereocenters. The highest BCUT2D eigenvalue weighted by molar-refractivity contribution is 5.94. The molecule has 2 aromatic rings. The minimum Gasteiger partial charge on any atom is -0.508 e. The van der Waals surface area contributed by atoms with Crippen molar-refractivity contribution < 1.29 is 24.2 Å². The van der Waals surface area contributed by atoms with E-state index in [1.54, 1.807) is 31.4 Å². The van der Waals surface area contributed by atoms with E-state index in [1.165, 1.54) is 18.3 Å². The smallest absolute Gasteiger partial charge is 0.319 e. The first-order chi connectivity index (χ1) is 13.6. The molecule has 9 nitrogen and oxygen atoms in total. The van der Waals surface area contributed by atoms with E-state index in [4.69, 9.17) is 9.47 Å². The number of nitrogens with one attached hydrogen (secondary N) is 3. The topological polar surface area (TPSA) is 122 Å². The zero-order valence-electron chi connectivity index (χ0n) is 15.6. The van der Waals surface area contributed by atoms with Gasteiger partial charge in [-0.15, -0.1) is 0 Å². The molecular formula is C19H24N4O5. The molecule has 0 spiro atoms. The number of aromatic hydroxyl groups is 1. The van der Waals surface area contributed by atoms with Gasteiger partial charge in [0.2, 0.25) is 5.88 Å². The number of benzene rings is 1. The average Bonchev–Trinajstić information content (AvgIpc) is 2.69. The van der Waals surface area contributed by atoms with Gasteiger partial charge in [-0.25, -0.2) is 9.78 Å². The molecule has 28 heavy (non-hydrogen) atoms. The molecule has 0 saturated heterocycles. The van der Waals surface area contributed by atoms with Gasteiger partial charge in [-0.1, -0.05) is 6.07 Å². The van der Waals surface area contributed by atoms with E-state index in [-0.39, 0.29) is 17.7 Å². The molecule has 150 valence electrons. The zero-order chi connectivity index (χ0) is 20.2. The summed E-state index contributed by atoms with van der Waals surface area (Å²) in [7, 11) is 1.59. The molecule has 0 fully saturated rings. The van der Waals surface area contributed by atoms with Gasteiger partial charge in [0.15, 0.2) is 0 Å². The van der Waals surface area contributed by atoms with Crippen molar-refractivity contribution in [3.8, 4) is 11.6 Å². The standard InChI is InChI=1S/C19H24N4O5/c1-27-10-11-28-17-7-6-15(13-22-17)23-19(26)21-9-3-8-20-18(25)14-4-2-5-16(24)12-14/h2,4-7,12-13,24H,3,8-11H2,1H3,(H,20,25)(H2,21,23,26). The number of carbonyl (C=O) groups is 2. The predicted molar refractivity (Wildman–Crippen MR) is 104 cm³/mol. The second-order valence-electron chi connectivity index (χ2n) is 5.77. The molecule has 0 radical (unpaired) electrons. The van der Waals surface area contributed by atoms with Crippen LogP contribution in [0.5, 0.6) is 11.6 Å². The maximum Gasteiger partial charge on any atom is 0.319 e. The molecule has 1 aromatic heterocycles. The number of aromatic nitrogens is 1. The summed E-state index contributed by atoms with van der Waals surface area (Å²) < 4.78 is 10.2. The Morgan fingerprint density at radius 1 is 1.11 bits per heavy atom. The van der Waals surface area contributed by atoms with Crippen LogP contribution in [0.4, 0.5) is 10.5 Å². The summed E-state index contributed by atoms with van der Waals surface area (Å²) in [6, 6.07) is 9.08. The van der Waals surface area contributed by atoms with Crippen molar-refractivity contribution in [1.82, 2.24) is 15.6 Å². The van der Waals surface area contributed by atoms with Crippen LogP contribution in [0.3, 0.4) is 0 Å². The fourth-order valence-electron chi connectivity index (χ4n) is 2.19. The number of urea groups is 1. The minimum atomic E-state index is -0.367. The Labute approximate surface area is 163 Å². The van der Waals surface area contributed by atoms with E-state index in [0.717, 1.165) is 0 Å². The van der Waals surface area contributed by atoms with Gasteiger partial charge < -0.3 is 30.5 Å². The summed E-state index contributed by atoms with van der Waals surface area (Å²) in [4.78, 5) is 27.8. The molecule has 0 aliphatic carbocycles. The molecule has 9 heteroatoms. The summed E-state index contributed by atoms with van der Waals surface area (Å²) in [6.45, 7) is 1.65. The number of carbonyl (C=O) groups excluding carboxylic acids is 2. The predicted octanol–water partition coefficient (Wildman–Crippen LogP) is 1.75. The van der Waals surface area contributed by atoms with Gasteiger partial charge in [0, 0.05) is 31.8 Å². The zero-order valence-corrected chi connectivity index (χ0v) is 15.6. The van der Waals surface area contributed by atoms with Crippen molar-refractivity contribution in [2.24, 2.45) is 0 Å². The first-order valence-corrected chi connectivity index (χ1v) is 8.78. The third kappa shape index (κ3) is 7.50. The van der Waals surface area contributed by atoms with Gasteiger partial charge in [0.25, 0.3) is 5.91 Å². The van der Waals surface area contributed by atoms with Crippen molar-refractivity contribution in [2.75, 3.05) is 38.7 Å². The molecule has 0 atom stereocenters. The van der Waals surface area contributed by atoms with Crippen molar-refractivity contribution in [2.45, 2.75) is 6.42 Å². The Bertz CT molecular complexity index is 767. The van der Waals surface area contributed by atoms with Crippen LogP contribution in [0.15, 0.2) is 42.6 Å². The van der Waals surface area contributed by atoms with E-state index in [0.29, 0.717) is 49.9 Å². The average molecular weight is 388 g/mol. The van der Waals surface area contributed by atoms with Crippen LogP contribution in [0.1, 0.15) is 16.8 Å². The van der Waals surface area contributed by atoms with Crippen LogP contribution in [-0.4, -0.2) is 55.4 Å². The van der Waals surface area contributed by atoms with E-state index < -0.39 is 0 Å². The molecule has 0 aliphatic rings. The number of methoxy groups -OCH3 is 1. The number of nitrogens with zero attached hydrogens (tertiary/aromatic N) is 1. The van der Waals surface area contributed by atoms with Crippen molar-refractivity contribution in [3.05, 3.63) is 48.2 Å². The SMILES string of the molecule is COCCOc1ccc(NC(=O)NCCCNC(=O)c2cccc(O)c2)cn1. The molecule has 0 aliphatic heterocycles. The molecular weight excluding hydrogens is 364 g/mol. The maximum atomic E-state index is 11.9. The number of phenolic OH excluding ortho intramolecular Hbond substituents is 1. The number of amides is 3. The fraction of sp³-hybridized carbons (Fsp3) is 0.316. The molecule has 0 bridgehead atoms. The normalized spacial score (nSPS) is 10.2. The number of ether oxygens (including phenoxy) is 2. The molecule has 1 aromatic carbocycles. The maximum absolute atomic E-state index is 11.9. The summed E-state index contributed by atoms with van der Waals surface area (Å²) in [5.41, 5.74) is 0.918. The quantitative estimate of drug-likeness (QED) is 0.460. The lowest BCUT2D eigenvalue weighted by molar-refractivity contribution is 0.0953. The van der Waals surface area contributed by atoms with Crippen molar-refractivity contribution in [1.29, 1.82) is 0 Å². The summed E-state index contributed by atoms with van der Waals surface area (Å²) >= 11 is 0. The first-order valence-electron chi connectivity index (χ1n) is 8.78. The third-order valence-electron chi connectivity index (χ3n) is 3.56. The van der Waals surface area contributed by atoms with Crippen LogP contribution < -0.4 is 20.7 Å². The molecule has 0 saturated carbocycles. The summed E-state index contributed by atoms with van der Waals surface area (Å²) in [5.74, 6) is 0.208. The molecule has 3 amide bonds. The van der Waals surface area contributed by atoms with Gasteiger partial charge in [-0.2, -0.15) is 0 Å². The Kier molecular flexibility index (Phi) is 8.54. The number of hydrogen-bond acceptors (Lipinski definition) is 6. The Hall–Kier alpha value is -3.33. The van der Waals surface area contributed by atoms with Crippen LogP contribution >= 0.6 is 0 Å². The lowest BCUT2D eigenvalue weighted by Crippen LogP contribution is -2.32. The molecule has 4 N–H and O–H groups in total. The van der Waals surface area contributed by atoms with Crippen LogP contribution in [0, 0.1) is 0 Å². The Balaban J connectivity index is 1.61. The number of anilines is 1. The van der Waals surface area contributed by atoms with Gasteiger partial charge >= 0.3 is 6.03 Å². The van der Waals surface area contributed by atoms with Crippen molar-refractivity contribution in [3.63, 3.8) is 0 Å². The first kappa shape index (κ1) is 21.0. The third-order valence-corrected chi connectivity index (χ3v) is 3.56. The van der Waals surface area contributed by atoms with Gasteiger partial charge in [-0.05, 0) is 30.7 Å². The minimum absolute atomic E-state index is 0.0371. The second kappa shape index (κ2) is 11.4. The van der Waals surface area contributed by atoms with Crippen LogP contribution in [-0.2, 0) is 4.74 Å². The lowest BCUT2D eigenvalue weighted by Gasteiger charge is -2.09. The van der Waals surface area contributed by atoms with Crippen LogP contribution in [0.25, 0.3) is 0 Å². The van der Waals surface area contributed by atoms with Gasteiger partial charge in [0.1, 0.15) is 12.4 Å². The monoisotopic (exact) mass is 388 g/mol. The fourth-order valence-corrected chi connectivity index (χ4v) is 2.19. The largest absolute Gasteiger partial charge is 0.508 e. The molecule has 1 heterocycles. The Morgan fingerprint density at radius 3 is 2.64 bits per heavy atom. The van der Waals surface area contributed by atoms with Crippen LogP contribution in [0.2, 0.25) is 0 Å². The number of rotatable bonds is 10. The number of pyridine rings is 1. The summed E-state index contributed by atoms with van der Waals surface area (Å²) in [5, 5.41) is 17.4. The van der Waals surface area contributed by atoms with Gasteiger partial charge in [-0.3, -0.25) is 4.79 Å². The number of phenols is 1. The second-order valence-corrected chi connectivity index (χ2v) is 5.77. The lowest BCUT2D eigenvalue weighted by atomic mass is 10.2. The number of hydrogen-bond donors (Lipinski definition) is 4. The van der Waals surface area contributed by atoms with E-state index in [1.807, 2.05) is 0 Å². The highest BCUT2D eigenvalue weighted by Gasteiger charge is 2.06. The highest BCUT2D eigenvalue weighted by atomic mass is 16.5. The Morgan fingerprint density at radius 2 is 1.93 bits per heavy atom. The van der Waals surface area contributed by atoms with E-state index in [2.05, 4.69) is 20.9 Å². The molecule has 2 rings (SSSR count).